The van der Waals surface area contributed by atoms with Crippen LogP contribution >= 0.6 is 0 Å². The molecule has 1 aliphatic heterocycles. The largest absolute Gasteiger partial charge is 0.506 e. The van der Waals surface area contributed by atoms with E-state index >= 15 is 0 Å². The molecule has 0 saturated carbocycles. The molecule has 1 aromatic carbocycles. The van der Waals surface area contributed by atoms with E-state index in [1.807, 2.05) is 12.1 Å². The van der Waals surface area contributed by atoms with Crippen LogP contribution in [-0.4, -0.2) is 44.5 Å². The number of anilines is 1. The molecule has 1 aliphatic rings. The number of methoxy groups -OCH3 is 1. The minimum Gasteiger partial charge on any atom is -0.506 e. The molecule has 25 heavy (non-hydrogen) atoms. The van der Waals surface area contributed by atoms with Crippen molar-refractivity contribution in [3.8, 4) is 11.6 Å². The van der Waals surface area contributed by atoms with E-state index in [0.29, 0.717) is 18.6 Å². The summed E-state index contributed by atoms with van der Waals surface area (Å²) in [6.07, 6.45) is 0.977. The van der Waals surface area contributed by atoms with Gasteiger partial charge in [0.15, 0.2) is 0 Å². The Balaban J connectivity index is 1.85. The van der Waals surface area contributed by atoms with E-state index in [1.165, 1.54) is 19.2 Å². The Morgan fingerprint density at radius 3 is 2.84 bits per heavy atom. The SMILES string of the molecule is COc1cccc(Cc2ccc(N3CC(C=O)NS3(=O)=O)c(O)c2)n1. The molecule has 2 aromatic rings. The summed E-state index contributed by atoms with van der Waals surface area (Å²) < 4.78 is 32.4. The quantitative estimate of drug-likeness (QED) is 0.754. The molecule has 8 nitrogen and oxygen atoms in total. The molecular weight excluding hydrogens is 346 g/mol. The van der Waals surface area contributed by atoms with Crippen LogP contribution in [0.15, 0.2) is 36.4 Å². The predicted octanol–water partition coefficient (Wildman–Crippen LogP) is 0.608. The van der Waals surface area contributed by atoms with Gasteiger partial charge in [0.25, 0.3) is 0 Å². The number of phenols is 1. The first kappa shape index (κ1) is 17.2. The van der Waals surface area contributed by atoms with Crippen LogP contribution in [0.1, 0.15) is 11.3 Å². The highest BCUT2D eigenvalue weighted by Gasteiger charge is 2.36. The molecule has 1 atom stereocenters. The van der Waals surface area contributed by atoms with Gasteiger partial charge in [0.1, 0.15) is 12.0 Å². The molecule has 2 heterocycles. The summed E-state index contributed by atoms with van der Waals surface area (Å²) in [6, 6.07) is 9.26. The van der Waals surface area contributed by atoms with Gasteiger partial charge < -0.3 is 14.6 Å². The minimum absolute atomic E-state index is 0.0593. The fourth-order valence-corrected chi connectivity index (χ4v) is 4.05. The van der Waals surface area contributed by atoms with Gasteiger partial charge in [-0.2, -0.15) is 13.1 Å². The molecule has 3 rings (SSSR count). The zero-order chi connectivity index (χ0) is 18.0. The zero-order valence-electron chi connectivity index (χ0n) is 13.4. The third kappa shape index (κ3) is 3.57. The number of hydrogen-bond acceptors (Lipinski definition) is 6. The lowest BCUT2D eigenvalue weighted by molar-refractivity contribution is -0.108. The molecule has 1 fully saturated rings. The summed E-state index contributed by atoms with van der Waals surface area (Å²) in [7, 11) is -2.31. The maximum absolute atomic E-state index is 12.1. The third-order valence-electron chi connectivity index (χ3n) is 3.80. The Morgan fingerprint density at radius 1 is 1.40 bits per heavy atom. The average molecular weight is 363 g/mol. The maximum Gasteiger partial charge on any atom is 0.302 e. The molecule has 2 N–H and O–H groups in total. The molecule has 0 amide bonds. The number of pyridine rings is 1. The number of ether oxygens (including phenoxy) is 1. The highest BCUT2D eigenvalue weighted by atomic mass is 32.2. The van der Waals surface area contributed by atoms with Crippen LogP contribution in [0.2, 0.25) is 0 Å². The molecule has 1 saturated heterocycles. The number of nitrogens with one attached hydrogen (secondary N) is 1. The Bertz CT molecular complexity index is 900. The lowest BCUT2D eigenvalue weighted by atomic mass is 10.1. The van der Waals surface area contributed by atoms with Crippen LogP contribution in [-0.2, 0) is 21.4 Å². The van der Waals surface area contributed by atoms with Gasteiger partial charge in [-0.05, 0) is 23.8 Å². The lowest BCUT2D eigenvalue weighted by Gasteiger charge is -2.17. The van der Waals surface area contributed by atoms with Gasteiger partial charge in [0, 0.05) is 18.2 Å². The van der Waals surface area contributed by atoms with Crippen molar-refractivity contribution in [3.05, 3.63) is 47.7 Å². The number of aromatic hydroxyl groups is 1. The maximum atomic E-state index is 12.1. The summed E-state index contributed by atoms with van der Waals surface area (Å²) >= 11 is 0. The van der Waals surface area contributed by atoms with Gasteiger partial charge in [-0.25, -0.2) is 4.98 Å². The van der Waals surface area contributed by atoms with Crippen LogP contribution in [0, 0.1) is 0 Å². The van der Waals surface area contributed by atoms with Gasteiger partial charge in [-0.3, -0.25) is 4.31 Å². The molecule has 1 unspecified atom stereocenters. The highest BCUT2D eigenvalue weighted by Crippen LogP contribution is 2.32. The fourth-order valence-electron chi connectivity index (χ4n) is 2.64. The van der Waals surface area contributed by atoms with Gasteiger partial charge in [0.05, 0.1) is 25.4 Å². The monoisotopic (exact) mass is 363 g/mol. The lowest BCUT2D eigenvalue weighted by Crippen LogP contribution is -2.30. The van der Waals surface area contributed by atoms with Gasteiger partial charge in [0.2, 0.25) is 5.88 Å². The van der Waals surface area contributed by atoms with Crippen molar-refractivity contribution in [2.24, 2.45) is 0 Å². The van der Waals surface area contributed by atoms with Crippen LogP contribution in [0.3, 0.4) is 0 Å². The molecule has 9 heteroatoms. The van der Waals surface area contributed by atoms with Crippen molar-refractivity contribution >= 4 is 22.2 Å². The fraction of sp³-hybridized carbons (Fsp3) is 0.250. The summed E-state index contributed by atoms with van der Waals surface area (Å²) in [5.74, 6) is 0.310. The number of phenolic OH excluding ortho intramolecular Hbond substituents is 1. The van der Waals surface area contributed by atoms with Crippen LogP contribution < -0.4 is 13.8 Å². The second-order valence-electron chi connectivity index (χ2n) is 5.57. The molecule has 0 spiro atoms. The van der Waals surface area contributed by atoms with Gasteiger partial charge in [-0.15, -0.1) is 0 Å². The third-order valence-corrected chi connectivity index (χ3v) is 5.33. The van der Waals surface area contributed by atoms with Crippen LogP contribution in [0.25, 0.3) is 0 Å². The summed E-state index contributed by atoms with van der Waals surface area (Å²) in [5.41, 5.74) is 1.64. The molecule has 0 bridgehead atoms. The number of carbonyl (C=O) groups is 1. The Labute approximate surface area is 145 Å². The van der Waals surface area contributed by atoms with E-state index < -0.39 is 16.3 Å². The van der Waals surface area contributed by atoms with Crippen molar-refractivity contribution in [1.82, 2.24) is 9.71 Å². The number of hydrogen-bond donors (Lipinski definition) is 2. The average Bonchev–Trinajstić information content (AvgIpc) is 2.90. The van der Waals surface area contributed by atoms with E-state index in [4.69, 9.17) is 4.74 Å². The summed E-state index contributed by atoms with van der Waals surface area (Å²) in [6.45, 7) is -0.0593. The van der Waals surface area contributed by atoms with Crippen molar-refractivity contribution in [2.75, 3.05) is 18.0 Å². The first-order chi connectivity index (χ1) is 11.9. The van der Waals surface area contributed by atoms with Crippen molar-refractivity contribution in [3.63, 3.8) is 0 Å². The summed E-state index contributed by atoms with van der Waals surface area (Å²) in [4.78, 5) is 15.1. The van der Waals surface area contributed by atoms with Crippen molar-refractivity contribution in [2.45, 2.75) is 12.5 Å². The van der Waals surface area contributed by atoms with E-state index in [2.05, 4.69) is 9.71 Å². The molecule has 1 aromatic heterocycles. The normalized spacial score (nSPS) is 18.9. The molecular formula is C16H17N3O5S. The topological polar surface area (TPSA) is 109 Å². The Morgan fingerprint density at radius 2 is 2.20 bits per heavy atom. The number of benzene rings is 1. The van der Waals surface area contributed by atoms with E-state index in [0.717, 1.165) is 15.6 Å². The highest BCUT2D eigenvalue weighted by molar-refractivity contribution is 7.91. The standard InChI is InChI=1S/C16H17N3O5S/c1-24-16-4-2-3-12(17-16)7-11-5-6-14(15(21)8-11)19-9-13(10-20)18-25(19,22)23/h2-6,8,10,13,18,21H,7,9H2,1H3. The number of aldehydes is 1. The number of carbonyl (C=O) groups excluding carboxylic acids is 1. The minimum atomic E-state index is -3.84. The van der Waals surface area contributed by atoms with Crippen LogP contribution in [0.5, 0.6) is 11.6 Å². The molecule has 132 valence electrons. The second kappa shape index (κ2) is 6.69. The number of aromatic nitrogens is 1. The van der Waals surface area contributed by atoms with E-state index in [9.17, 15) is 18.3 Å². The Kier molecular flexibility index (Phi) is 4.60. The smallest absolute Gasteiger partial charge is 0.302 e. The van der Waals surface area contributed by atoms with Crippen LogP contribution in [0.4, 0.5) is 5.69 Å². The number of nitrogens with zero attached hydrogens (tertiary/aromatic N) is 2. The number of rotatable bonds is 5. The predicted molar refractivity (Wildman–Crippen MR) is 91.0 cm³/mol. The van der Waals surface area contributed by atoms with Gasteiger partial charge in [-0.1, -0.05) is 12.1 Å². The molecule has 0 radical (unpaired) electrons. The van der Waals surface area contributed by atoms with Crippen molar-refractivity contribution < 1.29 is 23.1 Å². The summed E-state index contributed by atoms with van der Waals surface area (Å²) in [5, 5.41) is 10.3. The first-order valence-electron chi connectivity index (χ1n) is 7.50. The zero-order valence-corrected chi connectivity index (χ0v) is 14.2. The molecule has 0 aliphatic carbocycles. The first-order valence-corrected chi connectivity index (χ1v) is 8.94. The van der Waals surface area contributed by atoms with E-state index in [1.54, 1.807) is 12.1 Å². The Hall–Kier alpha value is -2.65. The van der Waals surface area contributed by atoms with Gasteiger partial charge >= 0.3 is 10.2 Å². The van der Waals surface area contributed by atoms with Crippen molar-refractivity contribution in [1.29, 1.82) is 0 Å². The van der Waals surface area contributed by atoms with E-state index in [-0.39, 0.29) is 18.0 Å². The second-order valence-corrected chi connectivity index (χ2v) is 7.19.